The number of hydrogen-bond donors (Lipinski definition) is 2. The lowest BCUT2D eigenvalue weighted by Crippen LogP contribution is -2.48. The van der Waals surface area contributed by atoms with E-state index in [-0.39, 0.29) is 11.9 Å². The standard InChI is InChI=1S/C23H26N4O/c1-17-7-5-8-18(13-17)14-23(28)24-20-11-6-12-27(16-20)22-15-21(25-26-22)19-9-3-2-4-10-19/h2-5,7-10,13,15,20H,6,11-12,14,16H2,1H3,(H,24,28)(H,25,26)/t20-/m1/s1. The highest BCUT2D eigenvalue weighted by atomic mass is 16.1. The van der Waals surface area contributed by atoms with Crippen molar-refractivity contribution in [2.24, 2.45) is 0 Å². The fourth-order valence-electron chi connectivity index (χ4n) is 3.83. The normalized spacial score (nSPS) is 16.8. The van der Waals surface area contributed by atoms with Crippen LogP contribution in [-0.2, 0) is 11.2 Å². The summed E-state index contributed by atoms with van der Waals surface area (Å²) in [6, 6.07) is 20.6. The fourth-order valence-corrected chi connectivity index (χ4v) is 3.83. The highest BCUT2D eigenvalue weighted by Crippen LogP contribution is 2.24. The van der Waals surface area contributed by atoms with Crippen molar-refractivity contribution in [3.05, 3.63) is 71.8 Å². The number of piperidine rings is 1. The maximum atomic E-state index is 12.5. The van der Waals surface area contributed by atoms with Crippen LogP contribution in [-0.4, -0.2) is 35.2 Å². The molecule has 2 N–H and O–H groups in total. The molecule has 0 radical (unpaired) electrons. The van der Waals surface area contributed by atoms with Crippen LogP contribution in [0.4, 0.5) is 5.82 Å². The predicted octanol–water partition coefficient (Wildman–Crippen LogP) is 3.71. The summed E-state index contributed by atoms with van der Waals surface area (Å²) in [6.45, 7) is 3.80. The Morgan fingerprint density at radius 3 is 2.86 bits per heavy atom. The van der Waals surface area contributed by atoms with Gasteiger partial charge in [-0.3, -0.25) is 9.89 Å². The summed E-state index contributed by atoms with van der Waals surface area (Å²) in [5.74, 6) is 1.03. The quantitative estimate of drug-likeness (QED) is 0.716. The van der Waals surface area contributed by atoms with Crippen molar-refractivity contribution in [2.45, 2.75) is 32.2 Å². The average Bonchev–Trinajstić information content (AvgIpc) is 3.19. The number of carbonyl (C=O) groups is 1. The topological polar surface area (TPSA) is 61.0 Å². The predicted molar refractivity (Wildman–Crippen MR) is 112 cm³/mol. The highest BCUT2D eigenvalue weighted by Gasteiger charge is 2.23. The Labute approximate surface area is 165 Å². The Bertz CT molecular complexity index is 935. The number of H-pyrrole nitrogens is 1. The molecule has 5 nitrogen and oxygen atoms in total. The molecule has 1 aliphatic rings. The number of aryl methyl sites for hydroxylation is 1. The lowest BCUT2D eigenvalue weighted by atomic mass is 10.0. The molecule has 2 aromatic carbocycles. The van der Waals surface area contributed by atoms with E-state index in [1.807, 2.05) is 43.3 Å². The van der Waals surface area contributed by atoms with Crippen molar-refractivity contribution >= 4 is 11.7 Å². The molecule has 2 heterocycles. The molecule has 0 bridgehead atoms. The number of aromatic nitrogens is 2. The van der Waals surface area contributed by atoms with E-state index in [9.17, 15) is 4.79 Å². The Hall–Kier alpha value is -3.08. The number of nitrogens with zero attached hydrogens (tertiary/aromatic N) is 2. The van der Waals surface area contributed by atoms with Gasteiger partial charge in [-0.1, -0.05) is 60.2 Å². The van der Waals surface area contributed by atoms with Gasteiger partial charge in [0.1, 0.15) is 0 Å². The van der Waals surface area contributed by atoms with E-state index in [0.29, 0.717) is 6.42 Å². The van der Waals surface area contributed by atoms with Gasteiger partial charge in [0.2, 0.25) is 5.91 Å². The summed E-state index contributed by atoms with van der Waals surface area (Å²) in [5.41, 5.74) is 4.38. The molecule has 1 saturated heterocycles. The third kappa shape index (κ3) is 4.42. The molecule has 4 rings (SSSR count). The minimum absolute atomic E-state index is 0.0875. The summed E-state index contributed by atoms with van der Waals surface area (Å²) >= 11 is 0. The molecule has 0 saturated carbocycles. The van der Waals surface area contributed by atoms with Gasteiger partial charge in [0.05, 0.1) is 12.1 Å². The molecule has 1 aromatic heterocycles. The minimum Gasteiger partial charge on any atom is -0.353 e. The average molecular weight is 374 g/mol. The lowest BCUT2D eigenvalue weighted by Gasteiger charge is -2.33. The van der Waals surface area contributed by atoms with Gasteiger partial charge in [0, 0.05) is 25.2 Å². The van der Waals surface area contributed by atoms with Crippen LogP contribution in [0.15, 0.2) is 60.7 Å². The third-order valence-corrected chi connectivity index (χ3v) is 5.21. The first-order chi connectivity index (χ1) is 13.7. The van der Waals surface area contributed by atoms with Crippen molar-refractivity contribution in [1.82, 2.24) is 15.5 Å². The summed E-state index contributed by atoms with van der Waals surface area (Å²) < 4.78 is 0. The number of rotatable bonds is 5. The smallest absolute Gasteiger partial charge is 0.224 e. The second-order valence-electron chi connectivity index (χ2n) is 7.52. The van der Waals surface area contributed by atoms with E-state index < -0.39 is 0 Å². The number of carbonyl (C=O) groups excluding carboxylic acids is 1. The molecule has 28 heavy (non-hydrogen) atoms. The summed E-state index contributed by atoms with van der Waals surface area (Å²) in [4.78, 5) is 14.7. The van der Waals surface area contributed by atoms with Gasteiger partial charge in [-0.05, 0) is 30.9 Å². The van der Waals surface area contributed by atoms with E-state index in [1.54, 1.807) is 0 Å². The molecule has 0 aliphatic carbocycles. The van der Waals surface area contributed by atoms with Gasteiger partial charge in [-0.2, -0.15) is 5.10 Å². The minimum atomic E-state index is 0.0875. The van der Waals surface area contributed by atoms with E-state index in [1.165, 1.54) is 5.56 Å². The molecule has 0 spiro atoms. The van der Waals surface area contributed by atoms with Crippen molar-refractivity contribution in [2.75, 3.05) is 18.0 Å². The number of hydrogen-bond acceptors (Lipinski definition) is 3. The monoisotopic (exact) mass is 374 g/mol. The summed E-state index contributed by atoms with van der Waals surface area (Å²) in [7, 11) is 0. The number of anilines is 1. The van der Waals surface area contributed by atoms with Crippen LogP contribution in [0.1, 0.15) is 24.0 Å². The highest BCUT2D eigenvalue weighted by molar-refractivity contribution is 5.79. The molecule has 0 unspecified atom stereocenters. The first-order valence-corrected chi connectivity index (χ1v) is 9.88. The largest absolute Gasteiger partial charge is 0.353 e. The Morgan fingerprint density at radius 1 is 1.18 bits per heavy atom. The molecule has 3 aromatic rings. The lowest BCUT2D eigenvalue weighted by molar-refractivity contribution is -0.121. The van der Waals surface area contributed by atoms with E-state index in [4.69, 9.17) is 0 Å². The number of benzene rings is 2. The molecular formula is C23H26N4O. The molecule has 1 aliphatic heterocycles. The third-order valence-electron chi connectivity index (χ3n) is 5.21. The van der Waals surface area contributed by atoms with Gasteiger partial charge >= 0.3 is 0 Å². The zero-order valence-electron chi connectivity index (χ0n) is 16.2. The van der Waals surface area contributed by atoms with Crippen LogP contribution in [0.2, 0.25) is 0 Å². The Morgan fingerprint density at radius 2 is 2.04 bits per heavy atom. The summed E-state index contributed by atoms with van der Waals surface area (Å²) in [5, 5.41) is 10.8. The van der Waals surface area contributed by atoms with Crippen LogP contribution in [0.25, 0.3) is 11.3 Å². The van der Waals surface area contributed by atoms with Crippen LogP contribution in [0.3, 0.4) is 0 Å². The SMILES string of the molecule is Cc1cccc(CC(=O)N[C@@H]2CCCN(c3cc(-c4ccccc4)[nH]n3)C2)c1. The maximum absolute atomic E-state index is 12.5. The van der Waals surface area contributed by atoms with Gasteiger partial charge in [0.15, 0.2) is 5.82 Å². The molecule has 1 fully saturated rings. The second-order valence-corrected chi connectivity index (χ2v) is 7.52. The van der Waals surface area contributed by atoms with Crippen LogP contribution in [0, 0.1) is 6.92 Å². The van der Waals surface area contributed by atoms with Gasteiger partial charge < -0.3 is 10.2 Å². The number of amides is 1. The fraction of sp³-hybridized carbons (Fsp3) is 0.304. The van der Waals surface area contributed by atoms with E-state index in [0.717, 1.165) is 48.6 Å². The van der Waals surface area contributed by atoms with Gasteiger partial charge in [-0.25, -0.2) is 0 Å². The summed E-state index contributed by atoms with van der Waals surface area (Å²) in [6.07, 6.45) is 2.48. The molecule has 144 valence electrons. The number of nitrogens with one attached hydrogen (secondary N) is 2. The molecule has 1 atom stereocenters. The van der Waals surface area contributed by atoms with Gasteiger partial charge in [0.25, 0.3) is 0 Å². The molecule has 5 heteroatoms. The van der Waals surface area contributed by atoms with Crippen molar-refractivity contribution in [3.63, 3.8) is 0 Å². The van der Waals surface area contributed by atoms with E-state index in [2.05, 4.69) is 44.7 Å². The zero-order chi connectivity index (χ0) is 19.3. The first-order valence-electron chi connectivity index (χ1n) is 9.88. The van der Waals surface area contributed by atoms with Crippen molar-refractivity contribution in [1.29, 1.82) is 0 Å². The van der Waals surface area contributed by atoms with Crippen LogP contribution >= 0.6 is 0 Å². The Kier molecular flexibility index (Phi) is 5.42. The zero-order valence-corrected chi connectivity index (χ0v) is 16.2. The van der Waals surface area contributed by atoms with Gasteiger partial charge in [-0.15, -0.1) is 0 Å². The van der Waals surface area contributed by atoms with Crippen LogP contribution < -0.4 is 10.2 Å². The van der Waals surface area contributed by atoms with Crippen LogP contribution in [0.5, 0.6) is 0 Å². The van der Waals surface area contributed by atoms with Crippen molar-refractivity contribution < 1.29 is 4.79 Å². The van der Waals surface area contributed by atoms with E-state index >= 15 is 0 Å². The molecule has 1 amide bonds. The molecular weight excluding hydrogens is 348 g/mol. The maximum Gasteiger partial charge on any atom is 0.224 e. The first kappa shape index (κ1) is 18.3. The van der Waals surface area contributed by atoms with Crippen molar-refractivity contribution in [3.8, 4) is 11.3 Å². The Balaban J connectivity index is 1.37. The second kappa shape index (κ2) is 8.30. The number of aromatic amines is 1.